The summed E-state index contributed by atoms with van der Waals surface area (Å²) >= 11 is 5.84. The van der Waals surface area contributed by atoms with E-state index in [1.165, 1.54) is 16.8 Å². The fourth-order valence-corrected chi connectivity index (χ4v) is 2.12. The van der Waals surface area contributed by atoms with Crippen LogP contribution in [0.1, 0.15) is 39.2 Å². The maximum atomic E-state index is 13.4. The van der Waals surface area contributed by atoms with Gasteiger partial charge in [0.25, 0.3) is 0 Å². The van der Waals surface area contributed by atoms with E-state index in [1.54, 1.807) is 25.4 Å². The molecule has 0 bridgehead atoms. The molecule has 0 aliphatic heterocycles. The number of carbonyl (C=O) groups excluding carboxylic acids is 1. The first-order chi connectivity index (χ1) is 10.2. The molecule has 0 saturated heterocycles. The van der Waals surface area contributed by atoms with Crippen molar-refractivity contribution in [1.29, 1.82) is 0 Å². The van der Waals surface area contributed by atoms with E-state index in [0.717, 1.165) is 0 Å². The maximum absolute atomic E-state index is 13.4. The van der Waals surface area contributed by atoms with Gasteiger partial charge in [0, 0.05) is 16.8 Å². The van der Waals surface area contributed by atoms with Crippen LogP contribution in [0.2, 0.25) is 5.02 Å². The number of carbonyl (C=O) groups is 1. The van der Waals surface area contributed by atoms with Crippen molar-refractivity contribution in [2.24, 2.45) is 0 Å². The molecule has 4 nitrogen and oxygen atoms in total. The molecule has 1 aromatic carbocycles. The van der Waals surface area contributed by atoms with E-state index in [-0.39, 0.29) is 11.0 Å². The van der Waals surface area contributed by atoms with Crippen molar-refractivity contribution >= 4 is 17.6 Å². The molecule has 2 rings (SSSR count). The lowest BCUT2D eigenvalue weighted by atomic mass is 10.1. The number of ether oxygens (including phenoxy) is 1. The van der Waals surface area contributed by atoms with Crippen molar-refractivity contribution in [3.05, 3.63) is 47.0 Å². The first-order valence-corrected chi connectivity index (χ1v) is 7.27. The number of hydrogen-bond donors (Lipinski definition) is 0. The molecule has 0 aliphatic carbocycles. The summed E-state index contributed by atoms with van der Waals surface area (Å²) < 4.78 is 20.2. The molecule has 2 aromatic rings. The van der Waals surface area contributed by atoms with Gasteiger partial charge in [-0.3, -0.25) is 4.79 Å². The quantitative estimate of drug-likeness (QED) is 0.798. The van der Waals surface area contributed by atoms with Gasteiger partial charge in [-0.2, -0.15) is 5.10 Å². The highest BCUT2D eigenvalue weighted by atomic mass is 35.5. The largest absolute Gasteiger partial charge is 0.460 e. The van der Waals surface area contributed by atoms with Crippen LogP contribution in [0.5, 0.6) is 0 Å². The SMILES string of the molecule is CC(C(=O)OC(C)(C)C)c1cnn(-c2cc(F)cc(Cl)c2)c1. The number of aromatic nitrogens is 2. The third-order valence-electron chi connectivity index (χ3n) is 2.97. The Bertz CT molecular complexity index is 671. The minimum absolute atomic E-state index is 0.284. The van der Waals surface area contributed by atoms with Gasteiger partial charge in [-0.25, -0.2) is 9.07 Å². The van der Waals surface area contributed by atoms with Gasteiger partial charge in [-0.05, 0) is 45.9 Å². The average molecular weight is 325 g/mol. The van der Waals surface area contributed by atoms with E-state index in [4.69, 9.17) is 16.3 Å². The standard InChI is InChI=1S/C16H18ClFN2O2/c1-10(15(21)22-16(2,3)4)11-8-19-20(9-11)14-6-12(17)5-13(18)7-14/h5-10H,1-4H3. The Kier molecular flexibility index (Phi) is 4.56. The molecule has 1 atom stereocenters. The Morgan fingerprint density at radius 3 is 2.64 bits per heavy atom. The average Bonchev–Trinajstić information content (AvgIpc) is 2.84. The molecule has 1 aromatic heterocycles. The summed E-state index contributed by atoms with van der Waals surface area (Å²) in [6, 6.07) is 4.14. The topological polar surface area (TPSA) is 44.1 Å². The smallest absolute Gasteiger partial charge is 0.313 e. The van der Waals surface area contributed by atoms with Gasteiger partial charge in [0.1, 0.15) is 11.4 Å². The van der Waals surface area contributed by atoms with E-state index >= 15 is 0 Å². The second-order valence-corrected chi connectivity index (χ2v) is 6.54. The summed E-state index contributed by atoms with van der Waals surface area (Å²) in [7, 11) is 0. The summed E-state index contributed by atoms with van der Waals surface area (Å²) in [4.78, 5) is 12.1. The molecular weight excluding hydrogens is 307 g/mol. The van der Waals surface area contributed by atoms with Crippen LogP contribution in [0, 0.1) is 5.82 Å². The van der Waals surface area contributed by atoms with Gasteiger partial charge < -0.3 is 4.74 Å². The first-order valence-electron chi connectivity index (χ1n) is 6.89. The zero-order chi connectivity index (χ0) is 16.5. The van der Waals surface area contributed by atoms with E-state index in [9.17, 15) is 9.18 Å². The molecule has 0 radical (unpaired) electrons. The highest BCUT2D eigenvalue weighted by Gasteiger charge is 2.24. The number of hydrogen-bond acceptors (Lipinski definition) is 3. The summed E-state index contributed by atoms with van der Waals surface area (Å²) in [5.74, 6) is -1.24. The fraction of sp³-hybridized carbons (Fsp3) is 0.375. The Hall–Kier alpha value is -1.88. The van der Waals surface area contributed by atoms with E-state index in [0.29, 0.717) is 11.3 Å². The zero-order valence-corrected chi connectivity index (χ0v) is 13.7. The number of nitrogens with zero attached hydrogens (tertiary/aromatic N) is 2. The normalized spacial score (nSPS) is 13.0. The lowest BCUT2D eigenvalue weighted by Crippen LogP contribution is -2.26. The summed E-state index contributed by atoms with van der Waals surface area (Å²) in [6.45, 7) is 7.19. The highest BCUT2D eigenvalue weighted by molar-refractivity contribution is 6.30. The third kappa shape index (κ3) is 4.07. The third-order valence-corrected chi connectivity index (χ3v) is 3.19. The van der Waals surface area contributed by atoms with Crippen molar-refractivity contribution < 1.29 is 13.9 Å². The van der Waals surface area contributed by atoms with Crippen molar-refractivity contribution in [3.63, 3.8) is 0 Å². The van der Waals surface area contributed by atoms with Crippen LogP contribution in [0.4, 0.5) is 4.39 Å². The number of esters is 1. The Balaban J connectivity index is 2.22. The monoisotopic (exact) mass is 324 g/mol. The minimum Gasteiger partial charge on any atom is -0.460 e. The predicted molar refractivity (Wildman–Crippen MR) is 82.8 cm³/mol. The minimum atomic E-state index is -0.544. The molecule has 1 unspecified atom stereocenters. The van der Waals surface area contributed by atoms with Crippen LogP contribution >= 0.6 is 11.6 Å². The summed E-state index contributed by atoms with van der Waals surface area (Å²) in [6.07, 6.45) is 3.23. The fourth-order valence-electron chi connectivity index (χ4n) is 1.90. The van der Waals surface area contributed by atoms with Gasteiger partial charge in [0.2, 0.25) is 0 Å². The van der Waals surface area contributed by atoms with Gasteiger partial charge >= 0.3 is 5.97 Å². The van der Waals surface area contributed by atoms with E-state index in [1.807, 2.05) is 20.8 Å². The molecule has 0 amide bonds. The molecule has 1 heterocycles. The van der Waals surface area contributed by atoms with Crippen LogP contribution < -0.4 is 0 Å². The molecule has 0 fully saturated rings. The predicted octanol–water partition coefficient (Wildman–Crippen LogP) is 4.11. The van der Waals surface area contributed by atoms with Gasteiger partial charge in [0.05, 0.1) is 17.8 Å². The van der Waals surface area contributed by atoms with Gasteiger partial charge in [-0.15, -0.1) is 0 Å². The van der Waals surface area contributed by atoms with E-state index in [2.05, 4.69) is 5.10 Å². The molecule has 0 spiro atoms. The molecule has 0 saturated carbocycles. The Morgan fingerprint density at radius 1 is 1.36 bits per heavy atom. The second kappa shape index (κ2) is 6.08. The van der Waals surface area contributed by atoms with Crippen LogP contribution in [-0.2, 0) is 9.53 Å². The maximum Gasteiger partial charge on any atom is 0.313 e. The lowest BCUT2D eigenvalue weighted by Gasteiger charge is -2.21. The van der Waals surface area contributed by atoms with Crippen LogP contribution in [0.3, 0.4) is 0 Å². The Morgan fingerprint density at radius 2 is 2.05 bits per heavy atom. The van der Waals surface area contributed by atoms with Crippen molar-refractivity contribution in [3.8, 4) is 5.69 Å². The lowest BCUT2D eigenvalue weighted by molar-refractivity contribution is -0.156. The Labute approximate surface area is 133 Å². The van der Waals surface area contributed by atoms with Gasteiger partial charge in [0.15, 0.2) is 0 Å². The van der Waals surface area contributed by atoms with E-state index < -0.39 is 17.3 Å². The van der Waals surface area contributed by atoms with Crippen molar-refractivity contribution in [2.75, 3.05) is 0 Å². The second-order valence-electron chi connectivity index (χ2n) is 6.10. The highest BCUT2D eigenvalue weighted by Crippen LogP contribution is 2.22. The number of halogens is 2. The van der Waals surface area contributed by atoms with Crippen LogP contribution in [0.25, 0.3) is 5.69 Å². The van der Waals surface area contributed by atoms with Crippen molar-refractivity contribution in [2.45, 2.75) is 39.2 Å². The summed E-state index contributed by atoms with van der Waals surface area (Å²) in [5, 5.41) is 4.44. The van der Waals surface area contributed by atoms with Gasteiger partial charge in [-0.1, -0.05) is 11.6 Å². The van der Waals surface area contributed by atoms with Crippen molar-refractivity contribution in [1.82, 2.24) is 9.78 Å². The molecule has 0 N–H and O–H groups in total. The zero-order valence-electron chi connectivity index (χ0n) is 12.9. The molecule has 22 heavy (non-hydrogen) atoms. The van der Waals surface area contributed by atoms with Crippen LogP contribution in [-0.4, -0.2) is 21.4 Å². The number of rotatable bonds is 3. The number of benzene rings is 1. The van der Waals surface area contributed by atoms with Crippen LogP contribution in [0.15, 0.2) is 30.6 Å². The first kappa shape index (κ1) is 16.5. The molecule has 118 valence electrons. The summed E-state index contributed by atoms with van der Waals surface area (Å²) in [5.41, 5.74) is 0.638. The molecular formula is C16H18ClFN2O2. The molecule has 6 heteroatoms. The molecule has 0 aliphatic rings.